The Hall–Kier alpha value is -0.790. The van der Waals surface area contributed by atoms with Crippen molar-refractivity contribution in [2.45, 2.75) is 46.1 Å². The maximum Gasteiger partial charge on any atom is 0.242 e. The second kappa shape index (κ2) is 13.2. The van der Waals surface area contributed by atoms with Gasteiger partial charge in [0.2, 0.25) is 5.91 Å². The molecule has 1 atom stereocenters. The highest BCUT2D eigenvalue weighted by Gasteiger charge is 2.04. The van der Waals surface area contributed by atoms with E-state index in [9.17, 15) is 4.79 Å². The zero-order valence-electron chi connectivity index (χ0n) is 12.8. The molecular formula is C14H29IN4O. The molecule has 5 nitrogen and oxygen atoms in total. The van der Waals surface area contributed by atoms with E-state index < -0.39 is 0 Å². The monoisotopic (exact) mass is 396 g/mol. The summed E-state index contributed by atoms with van der Waals surface area (Å²) >= 11 is 0. The molecular weight excluding hydrogens is 367 g/mol. The highest BCUT2D eigenvalue weighted by molar-refractivity contribution is 14.0. The first-order chi connectivity index (χ1) is 8.95. The van der Waals surface area contributed by atoms with E-state index >= 15 is 0 Å². The summed E-state index contributed by atoms with van der Waals surface area (Å²) in [4.78, 5) is 15.3. The fourth-order valence-corrected chi connectivity index (χ4v) is 1.60. The Morgan fingerprint density at radius 1 is 1.35 bits per heavy atom. The zero-order valence-corrected chi connectivity index (χ0v) is 15.1. The van der Waals surface area contributed by atoms with Gasteiger partial charge in [0.25, 0.3) is 0 Å². The average molecular weight is 396 g/mol. The Morgan fingerprint density at radius 2 is 2.00 bits per heavy atom. The van der Waals surface area contributed by atoms with Crippen LogP contribution < -0.4 is 16.4 Å². The molecule has 0 saturated heterocycles. The minimum atomic E-state index is -0.155. The number of aliphatic imine (C=N–C) groups is 1. The largest absolute Gasteiger partial charge is 0.370 e. The van der Waals surface area contributed by atoms with E-state index in [4.69, 9.17) is 5.73 Å². The molecule has 118 valence electrons. The van der Waals surface area contributed by atoms with Crippen molar-refractivity contribution >= 4 is 35.8 Å². The van der Waals surface area contributed by atoms with Crippen LogP contribution in [0.1, 0.15) is 40.0 Å². The first-order valence-electron chi connectivity index (χ1n) is 6.89. The molecule has 0 aromatic rings. The van der Waals surface area contributed by atoms with Crippen molar-refractivity contribution in [2.24, 2.45) is 16.6 Å². The summed E-state index contributed by atoms with van der Waals surface area (Å²) in [6.07, 6.45) is 5.06. The van der Waals surface area contributed by atoms with Gasteiger partial charge in [0.15, 0.2) is 5.96 Å². The molecule has 20 heavy (non-hydrogen) atoms. The first-order valence-corrected chi connectivity index (χ1v) is 6.89. The topological polar surface area (TPSA) is 79.5 Å². The maximum atomic E-state index is 11.3. The predicted molar refractivity (Wildman–Crippen MR) is 96.4 cm³/mol. The molecule has 4 N–H and O–H groups in total. The third-order valence-corrected chi connectivity index (χ3v) is 2.65. The van der Waals surface area contributed by atoms with Gasteiger partial charge in [-0.3, -0.25) is 4.79 Å². The number of rotatable bonds is 9. The van der Waals surface area contributed by atoms with E-state index in [1.165, 1.54) is 12.8 Å². The average Bonchev–Trinajstić information content (AvgIpc) is 2.33. The molecule has 1 unspecified atom stereocenters. The van der Waals surface area contributed by atoms with Crippen LogP contribution in [0.25, 0.3) is 0 Å². The molecule has 0 bridgehead atoms. The van der Waals surface area contributed by atoms with Gasteiger partial charge in [-0.05, 0) is 19.3 Å². The van der Waals surface area contributed by atoms with Crippen LogP contribution >= 0.6 is 24.0 Å². The van der Waals surface area contributed by atoms with Gasteiger partial charge in [0, 0.05) is 12.6 Å². The molecule has 0 spiro atoms. The third-order valence-electron chi connectivity index (χ3n) is 2.65. The van der Waals surface area contributed by atoms with Gasteiger partial charge >= 0.3 is 0 Å². The third kappa shape index (κ3) is 13.6. The maximum absolute atomic E-state index is 11.3. The summed E-state index contributed by atoms with van der Waals surface area (Å²) < 4.78 is 0. The lowest BCUT2D eigenvalue weighted by atomic mass is 10.0. The molecule has 0 aliphatic rings. The number of halogens is 1. The molecule has 0 fully saturated rings. The Morgan fingerprint density at radius 3 is 2.55 bits per heavy atom. The molecule has 0 aliphatic carbocycles. The fourth-order valence-electron chi connectivity index (χ4n) is 1.60. The number of nitrogens with two attached hydrogens (primary N) is 1. The van der Waals surface area contributed by atoms with Crippen LogP contribution in [0.4, 0.5) is 0 Å². The predicted octanol–water partition coefficient (Wildman–Crippen LogP) is 2.03. The van der Waals surface area contributed by atoms with Crippen LogP contribution in [0.15, 0.2) is 17.6 Å². The Balaban J connectivity index is 0. The number of nitrogens with one attached hydrogen (secondary N) is 2. The number of amides is 1. The molecule has 0 aromatic carbocycles. The van der Waals surface area contributed by atoms with Crippen LogP contribution in [0.3, 0.4) is 0 Å². The SMILES string of the molecule is C=CCNC(=O)CN=C(N)NC(C)CCCC(C)C.I. The van der Waals surface area contributed by atoms with Gasteiger partial charge in [-0.2, -0.15) is 0 Å². The quantitative estimate of drug-likeness (QED) is 0.242. The second-order valence-electron chi connectivity index (χ2n) is 5.16. The highest BCUT2D eigenvalue weighted by atomic mass is 127. The number of hydrogen-bond donors (Lipinski definition) is 3. The molecule has 0 radical (unpaired) electrons. The van der Waals surface area contributed by atoms with Crippen molar-refractivity contribution < 1.29 is 4.79 Å². The standard InChI is InChI=1S/C14H28N4O.HI/c1-5-9-16-13(19)10-17-14(15)18-12(4)8-6-7-11(2)3;/h5,11-12H,1,6-10H2,2-4H3,(H,16,19)(H3,15,17,18);1H. The van der Waals surface area contributed by atoms with E-state index in [0.717, 1.165) is 12.3 Å². The summed E-state index contributed by atoms with van der Waals surface area (Å²) in [7, 11) is 0. The van der Waals surface area contributed by atoms with Crippen LogP contribution in [-0.4, -0.2) is 31.0 Å². The van der Waals surface area contributed by atoms with Gasteiger partial charge in [0.1, 0.15) is 6.54 Å². The van der Waals surface area contributed by atoms with Gasteiger partial charge < -0.3 is 16.4 Å². The highest BCUT2D eigenvalue weighted by Crippen LogP contribution is 2.07. The molecule has 1 amide bonds. The van der Waals surface area contributed by atoms with Crippen LogP contribution in [0, 0.1) is 5.92 Å². The lowest BCUT2D eigenvalue weighted by Gasteiger charge is -2.15. The Bertz CT molecular complexity index is 306. The molecule has 0 rings (SSSR count). The Kier molecular flexibility index (Phi) is 14.2. The second-order valence-corrected chi connectivity index (χ2v) is 5.16. The van der Waals surface area contributed by atoms with Crippen LogP contribution in [0.5, 0.6) is 0 Å². The summed E-state index contributed by atoms with van der Waals surface area (Å²) in [6.45, 7) is 10.5. The summed E-state index contributed by atoms with van der Waals surface area (Å²) in [5, 5.41) is 5.73. The van der Waals surface area contributed by atoms with Crippen LogP contribution in [-0.2, 0) is 4.79 Å². The van der Waals surface area contributed by atoms with Crippen molar-refractivity contribution in [3.8, 4) is 0 Å². The smallest absolute Gasteiger partial charge is 0.242 e. The number of hydrogen-bond acceptors (Lipinski definition) is 2. The lowest BCUT2D eigenvalue weighted by molar-refractivity contribution is -0.119. The van der Waals surface area contributed by atoms with E-state index in [2.05, 4.69) is 43.0 Å². The van der Waals surface area contributed by atoms with Crippen molar-refractivity contribution in [1.29, 1.82) is 0 Å². The molecule has 0 aromatic heterocycles. The first kappa shape index (κ1) is 21.5. The molecule has 0 aliphatic heterocycles. The zero-order chi connectivity index (χ0) is 14.7. The summed E-state index contributed by atoms with van der Waals surface area (Å²) in [6, 6.07) is 0.277. The Labute approximate surface area is 139 Å². The number of carbonyl (C=O) groups excluding carboxylic acids is 1. The molecule has 0 saturated carbocycles. The lowest BCUT2D eigenvalue weighted by Crippen LogP contribution is -2.39. The van der Waals surface area contributed by atoms with Gasteiger partial charge in [-0.15, -0.1) is 30.6 Å². The van der Waals surface area contributed by atoms with E-state index in [1.54, 1.807) is 6.08 Å². The van der Waals surface area contributed by atoms with Gasteiger partial charge in [0.05, 0.1) is 0 Å². The minimum absolute atomic E-state index is 0. The summed E-state index contributed by atoms with van der Waals surface area (Å²) in [5.41, 5.74) is 5.72. The van der Waals surface area contributed by atoms with Crippen molar-refractivity contribution in [1.82, 2.24) is 10.6 Å². The number of guanidine groups is 1. The molecule has 6 heteroatoms. The van der Waals surface area contributed by atoms with E-state index in [1.807, 2.05) is 0 Å². The van der Waals surface area contributed by atoms with Crippen LogP contribution in [0.2, 0.25) is 0 Å². The normalized spacial score (nSPS) is 12.5. The van der Waals surface area contributed by atoms with Crippen molar-refractivity contribution in [3.63, 3.8) is 0 Å². The van der Waals surface area contributed by atoms with E-state index in [0.29, 0.717) is 12.5 Å². The number of nitrogens with zero attached hydrogens (tertiary/aromatic N) is 1. The summed E-state index contributed by atoms with van der Waals surface area (Å²) in [5.74, 6) is 0.898. The van der Waals surface area contributed by atoms with Gasteiger partial charge in [-0.25, -0.2) is 4.99 Å². The van der Waals surface area contributed by atoms with Crippen molar-refractivity contribution in [2.75, 3.05) is 13.1 Å². The van der Waals surface area contributed by atoms with E-state index in [-0.39, 0.29) is 42.5 Å². The number of carbonyl (C=O) groups is 1. The fraction of sp³-hybridized carbons (Fsp3) is 0.714. The molecule has 0 heterocycles. The minimum Gasteiger partial charge on any atom is -0.370 e. The van der Waals surface area contributed by atoms with Gasteiger partial charge in [-0.1, -0.05) is 32.8 Å². The van der Waals surface area contributed by atoms with Crippen molar-refractivity contribution in [3.05, 3.63) is 12.7 Å².